The van der Waals surface area contributed by atoms with Crippen molar-refractivity contribution in [3.05, 3.63) is 29.3 Å². The summed E-state index contributed by atoms with van der Waals surface area (Å²) in [5.41, 5.74) is 1.83. The van der Waals surface area contributed by atoms with Crippen LogP contribution in [0, 0.1) is 0 Å². The van der Waals surface area contributed by atoms with Gasteiger partial charge in [-0.15, -0.1) is 0 Å². The number of benzene rings is 1. The highest BCUT2D eigenvalue weighted by molar-refractivity contribution is 5.97. The fourth-order valence-corrected chi connectivity index (χ4v) is 1.68. The summed E-state index contributed by atoms with van der Waals surface area (Å²) in [6, 6.07) is 5.79. The van der Waals surface area contributed by atoms with Gasteiger partial charge in [0, 0.05) is 7.11 Å². The summed E-state index contributed by atoms with van der Waals surface area (Å²) < 4.78 is 10.3. The standard InChI is InChI=1S/C15H22O3/c1-6-15(3,4)12-7-8-14(18-10-17-5)13(9-12)11(2)16/h7-9H,6,10H2,1-5H3. The zero-order valence-corrected chi connectivity index (χ0v) is 11.9. The predicted molar refractivity (Wildman–Crippen MR) is 72.3 cm³/mol. The Hall–Kier alpha value is -1.35. The molecule has 1 aromatic carbocycles. The number of Topliss-reactive ketones (excluding diaryl/α,β-unsaturated/α-hetero) is 1. The summed E-state index contributed by atoms with van der Waals surface area (Å²) in [4.78, 5) is 11.7. The van der Waals surface area contributed by atoms with Crippen molar-refractivity contribution in [1.82, 2.24) is 0 Å². The Balaban J connectivity index is 3.15. The Morgan fingerprint density at radius 1 is 1.33 bits per heavy atom. The first kappa shape index (κ1) is 14.7. The third kappa shape index (κ3) is 3.33. The van der Waals surface area contributed by atoms with Gasteiger partial charge in [0.1, 0.15) is 5.75 Å². The first-order valence-corrected chi connectivity index (χ1v) is 6.19. The monoisotopic (exact) mass is 250 g/mol. The van der Waals surface area contributed by atoms with Crippen LogP contribution in [0.1, 0.15) is 50.0 Å². The van der Waals surface area contributed by atoms with E-state index in [0.717, 1.165) is 12.0 Å². The largest absolute Gasteiger partial charge is 0.467 e. The minimum Gasteiger partial charge on any atom is -0.467 e. The Kier molecular flexibility index (Phi) is 4.91. The number of carbonyl (C=O) groups excluding carboxylic acids is 1. The van der Waals surface area contributed by atoms with Crippen molar-refractivity contribution < 1.29 is 14.3 Å². The second kappa shape index (κ2) is 6.01. The average molecular weight is 250 g/mol. The number of ketones is 1. The lowest BCUT2D eigenvalue weighted by atomic mass is 9.81. The van der Waals surface area contributed by atoms with Gasteiger partial charge in [-0.1, -0.05) is 26.8 Å². The van der Waals surface area contributed by atoms with Crippen molar-refractivity contribution >= 4 is 5.78 Å². The smallest absolute Gasteiger partial charge is 0.188 e. The van der Waals surface area contributed by atoms with Gasteiger partial charge in [0.2, 0.25) is 0 Å². The third-order valence-corrected chi connectivity index (χ3v) is 3.36. The highest BCUT2D eigenvalue weighted by Gasteiger charge is 2.20. The molecule has 0 aliphatic rings. The van der Waals surface area contributed by atoms with Crippen LogP contribution in [0.2, 0.25) is 0 Å². The fraction of sp³-hybridized carbons (Fsp3) is 0.533. The van der Waals surface area contributed by atoms with Crippen LogP contribution in [0.25, 0.3) is 0 Å². The minimum absolute atomic E-state index is 0.00913. The van der Waals surface area contributed by atoms with E-state index in [0.29, 0.717) is 11.3 Å². The van der Waals surface area contributed by atoms with Gasteiger partial charge < -0.3 is 9.47 Å². The van der Waals surface area contributed by atoms with Crippen LogP contribution in [-0.2, 0) is 10.2 Å². The Morgan fingerprint density at radius 2 is 2.00 bits per heavy atom. The first-order chi connectivity index (χ1) is 8.42. The molecule has 0 fully saturated rings. The van der Waals surface area contributed by atoms with Gasteiger partial charge in [-0.25, -0.2) is 0 Å². The first-order valence-electron chi connectivity index (χ1n) is 6.19. The minimum atomic E-state index is 0.00913. The zero-order chi connectivity index (χ0) is 13.8. The lowest BCUT2D eigenvalue weighted by Gasteiger charge is -2.24. The van der Waals surface area contributed by atoms with Gasteiger partial charge in [-0.3, -0.25) is 4.79 Å². The van der Waals surface area contributed by atoms with Crippen LogP contribution in [0.15, 0.2) is 18.2 Å². The maximum Gasteiger partial charge on any atom is 0.188 e. The van der Waals surface area contributed by atoms with Crippen molar-refractivity contribution in [3.8, 4) is 5.75 Å². The molecule has 0 unspecified atom stereocenters. The number of ether oxygens (including phenoxy) is 2. The van der Waals surface area contributed by atoms with E-state index in [1.165, 1.54) is 0 Å². The molecule has 1 aromatic rings. The molecule has 0 spiro atoms. The van der Waals surface area contributed by atoms with E-state index in [2.05, 4.69) is 20.8 Å². The summed E-state index contributed by atoms with van der Waals surface area (Å²) in [5, 5.41) is 0. The number of hydrogen-bond acceptors (Lipinski definition) is 3. The van der Waals surface area contributed by atoms with Crippen molar-refractivity contribution in [3.63, 3.8) is 0 Å². The van der Waals surface area contributed by atoms with Crippen LogP contribution in [-0.4, -0.2) is 19.7 Å². The molecular formula is C15H22O3. The van der Waals surface area contributed by atoms with Crippen molar-refractivity contribution in [2.75, 3.05) is 13.9 Å². The Morgan fingerprint density at radius 3 is 2.50 bits per heavy atom. The molecule has 0 radical (unpaired) electrons. The topological polar surface area (TPSA) is 35.5 Å². The molecule has 0 bridgehead atoms. The van der Waals surface area contributed by atoms with E-state index in [1.807, 2.05) is 18.2 Å². The molecule has 0 aliphatic carbocycles. The molecule has 0 saturated heterocycles. The maximum absolute atomic E-state index is 11.7. The number of hydrogen-bond donors (Lipinski definition) is 0. The second-order valence-electron chi connectivity index (χ2n) is 5.06. The van der Waals surface area contributed by atoms with Crippen LogP contribution >= 0.6 is 0 Å². The van der Waals surface area contributed by atoms with E-state index < -0.39 is 0 Å². The maximum atomic E-state index is 11.7. The molecule has 18 heavy (non-hydrogen) atoms. The number of methoxy groups -OCH3 is 1. The van der Waals surface area contributed by atoms with Gasteiger partial charge in [0.05, 0.1) is 5.56 Å². The summed E-state index contributed by atoms with van der Waals surface area (Å²) in [5.74, 6) is 0.592. The molecule has 0 aliphatic heterocycles. The van der Waals surface area contributed by atoms with E-state index >= 15 is 0 Å². The molecule has 0 saturated carbocycles. The van der Waals surface area contributed by atoms with Crippen LogP contribution in [0.4, 0.5) is 0 Å². The molecule has 0 amide bonds. The molecule has 0 aromatic heterocycles. The number of rotatable bonds is 6. The molecule has 100 valence electrons. The summed E-state index contributed by atoms with van der Waals surface area (Å²) in [6.07, 6.45) is 1.02. The summed E-state index contributed by atoms with van der Waals surface area (Å²) in [6.45, 7) is 8.18. The average Bonchev–Trinajstić information content (AvgIpc) is 2.35. The molecule has 3 nitrogen and oxygen atoms in total. The van der Waals surface area contributed by atoms with Crippen molar-refractivity contribution in [2.24, 2.45) is 0 Å². The molecular weight excluding hydrogens is 228 g/mol. The normalized spacial score (nSPS) is 11.4. The molecule has 1 rings (SSSR count). The van der Waals surface area contributed by atoms with Gasteiger partial charge in [0.25, 0.3) is 0 Å². The third-order valence-electron chi connectivity index (χ3n) is 3.36. The van der Waals surface area contributed by atoms with Crippen LogP contribution < -0.4 is 4.74 Å². The molecule has 0 heterocycles. The SMILES string of the molecule is CCC(C)(C)c1ccc(OCOC)c(C(C)=O)c1. The van der Waals surface area contributed by atoms with Gasteiger partial charge >= 0.3 is 0 Å². The highest BCUT2D eigenvalue weighted by atomic mass is 16.7. The highest BCUT2D eigenvalue weighted by Crippen LogP contribution is 2.31. The van der Waals surface area contributed by atoms with Crippen LogP contribution in [0.3, 0.4) is 0 Å². The van der Waals surface area contributed by atoms with Crippen LogP contribution in [0.5, 0.6) is 5.75 Å². The number of carbonyl (C=O) groups is 1. The molecule has 0 atom stereocenters. The zero-order valence-electron chi connectivity index (χ0n) is 11.9. The Labute approximate surface area is 109 Å². The molecule has 0 N–H and O–H groups in total. The van der Waals surface area contributed by atoms with Gasteiger partial charge in [0.15, 0.2) is 12.6 Å². The van der Waals surface area contributed by atoms with Gasteiger partial charge in [-0.2, -0.15) is 0 Å². The summed E-state index contributed by atoms with van der Waals surface area (Å²) in [7, 11) is 1.56. The van der Waals surface area contributed by atoms with E-state index in [-0.39, 0.29) is 18.0 Å². The van der Waals surface area contributed by atoms with Crippen molar-refractivity contribution in [1.29, 1.82) is 0 Å². The Bertz CT molecular complexity index is 422. The predicted octanol–water partition coefficient (Wildman–Crippen LogP) is 3.56. The second-order valence-corrected chi connectivity index (χ2v) is 5.06. The van der Waals surface area contributed by atoms with Gasteiger partial charge in [-0.05, 0) is 36.5 Å². The lowest BCUT2D eigenvalue weighted by Crippen LogP contribution is -2.16. The fourth-order valence-electron chi connectivity index (χ4n) is 1.68. The van der Waals surface area contributed by atoms with E-state index in [4.69, 9.17) is 9.47 Å². The van der Waals surface area contributed by atoms with E-state index in [1.54, 1.807) is 14.0 Å². The molecule has 3 heteroatoms. The van der Waals surface area contributed by atoms with E-state index in [9.17, 15) is 4.79 Å². The quantitative estimate of drug-likeness (QED) is 0.572. The summed E-state index contributed by atoms with van der Waals surface area (Å²) >= 11 is 0. The lowest BCUT2D eigenvalue weighted by molar-refractivity contribution is 0.0502. The van der Waals surface area contributed by atoms with Crippen molar-refractivity contribution in [2.45, 2.75) is 39.5 Å².